The highest BCUT2D eigenvalue weighted by Crippen LogP contribution is 2.15. The van der Waals surface area contributed by atoms with Gasteiger partial charge in [0.15, 0.2) is 0 Å². The molecular weight excluding hydrogens is 222 g/mol. The van der Waals surface area contributed by atoms with Gasteiger partial charge < -0.3 is 5.32 Å². The van der Waals surface area contributed by atoms with E-state index in [2.05, 4.69) is 33.0 Å². The molecule has 0 bridgehead atoms. The van der Waals surface area contributed by atoms with Gasteiger partial charge in [0, 0.05) is 11.8 Å². The third kappa shape index (κ3) is 7.23. The topological polar surface area (TPSA) is 46.2 Å². The molecule has 1 atom stereocenters. The van der Waals surface area contributed by atoms with Crippen molar-refractivity contribution in [3.63, 3.8) is 0 Å². The van der Waals surface area contributed by atoms with Gasteiger partial charge in [-0.15, -0.1) is 0 Å². The zero-order chi connectivity index (χ0) is 12.8. The Morgan fingerprint density at radius 3 is 2.06 bits per heavy atom. The Hall–Kier alpha value is -0.0900. The summed E-state index contributed by atoms with van der Waals surface area (Å²) < 4.78 is 22.9. The SMILES string of the molecule is CCS(=O)(=O)CCC(CNC(C)C)C(C)C. The Balaban J connectivity index is 4.14. The summed E-state index contributed by atoms with van der Waals surface area (Å²) >= 11 is 0. The van der Waals surface area contributed by atoms with Gasteiger partial charge in [0.05, 0.1) is 5.75 Å². The lowest BCUT2D eigenvalue weighted by Gasteiger charge is -2.22. The minimum atomic E-state index is -2.81. The molecule has 0 saturated carbocycles. The van der Waals surface area contributed by atoms with Crippen LogP contribution in [0, 0.1) is 11.8 Å². The van der Waals surface area contributed by atoms with Crippen LogP contribution < -0.4 is 5.32 Å². The maximum absolute atomic E-state index is 11.4. The summed E-state index contributed by atoms with van der Waals surface area (Å²) in [5, 5.41) is 3.39. The van der Waals surface area contributed by atoms with Gasteiger partial charge in [0.2, 0.25) is 0 Å². The van der Waals surface area contributed by atoms with Gasteiger partial charge in [-0.1, -0.05) is 34.6 Å². The van der Waals surface area contributed by atoms with Gasteiger partial charge in [-0.25, -0.2) is 8.42 Å². The van der Waals surface area contributed by atoms with Crippen molar-refractivity contribution in [2.75, 3.05) is 18.1 Å². The van der Waals surface area contributed by atoms with Crippen LogP contribution in [0.3, 0.4) is 0 Å². The molecule has 3 nitrogen and oxygen atoms in total. The molecule has 0 fully saturated rings. The van der Waals surface area contributed by atoms with Crippen LogP contribution in [0.15, 0.2) is 0 Å². The van der Waals surface area contributed by atoms with Crippen LogP contribution in [0.1, 0.15) is 41.0 Å². The highest BCUT2D eigenvalue weighted by molar-refractivity contribution is 7.91. The third-order valence-electron chi connectivity index (χ3n) is 2.97. The van der Waals surface area contributed by atoms with Crippen LogP contribution in [0.4, 0.5) is 0 Å². The van der Waals surface area contributed by atoms with E-state index in [-0.39, 0.29) is 5.75 Å². The molecule has 0 aromatic rings. The molecule has 0 aromatic carbocycles. The maximum Gasteiger partial charge on any atom is 0.150 e. The van der Waals surface area contributed by atoms with Crippen LogP contribution in [-0.4, -0.2) is 32.5 Å². The molecule has 0 radical (unpaired) electrons. The first kappa shape index (κ1) is 15.9. The molecule has 1 N–H and O–H groups in total. The number of nitrogens with one attached hydrogen (secondary N) is 1. The molecule has 0 heterocycles. The van der Waals surface area contributed by atoms with Crippen molar-refractivity contribution in [2.24, 2.45) is 11.8 Å². The van der Waals surface area contributed by atoms with Gasteiger partial charge in [-0.05, 0) is 24.8 Å². The highest BCUT2D eigenvalue weighted by atomic mass is 32.2. The Bertz CT molecular complexity index is 271. The molecule has 0 amide bonds. The van der Waals surface area contributed by atoms with E-state index in [1.807, 2.05) is 0 Å². The van der Waals surface area contributed by atoms with Crippen LogP contribution in [-0.2, 0) is 9.84 Å². The number of rotatable bonds is 8. The maximum atomic E-state index is 11.4. The van der Waals surface area contributed by atoms with Crippen LogP contribution in [0.25, 0.3) is 0 Å². The summed E-state index contributed by atoms with van der Waals surface area (Å²) in [7, 11) is -2.81. The zero-order valence-electron chi connectivity index (χ0n) is 11.3. The van der Waals surface area contributed by atoms with Gasteiger partial charge in [0.1, 0.15) is 9.84 Å². The highest BCUT2D eigenvalue weighted by Gasteiger charge is 2.17. The third-order valence-corrected chi connectivity index (χ3v) is 4.71. The molecule has 0 aliphatic rings. The van der Waals surface area contributed by atoms with E-state index in [0.29, 0.717) is 23.6 Å². The second kappa shape index (κ2) is 7.28. The molecule has 0 saturated heterocycles. The Kier molecular flexibility index (Phi) is 7.24. The van der Waals surface area contributed by atoms with Gasteiger partial charge in [0.25, 0.3) is 0 Å². The standard InChI is InChI=1S/C12H27NO2S/c1-6-16(14,15)8-7-12(10(2)3)9-13-11(4)5/h10-13H,6-9H2,1-5H3. The lowest BCUT2D eigenvalue weighted by molar-refractivity contribution is 0.342. The molecule has 0 aromatic heterocycles. The van der Waals surface area contributed by atoms with Crippen LogP contribution in [0.2, 0.25) is 0 Å². The largest absolute Gasteiger partial charge is 0.314 e. The van der Waals surface area contributed by atoms with Gasteiger partial charge in [-0.2, -0.15) is 0 Å². The van der Waals surface area contributed by atoms with Crippen molar-refractivity contribution in [1.29, 1.82) is 0 Å². The van der Waals surface area contributed by atoms with Crippen molar-refractivity contribution in [1.82, 2.24) is 5.32 Å². The number of hydrogen-bond acceptors (Lipinski definition) is 3. The molecule has 0 aliphatic heterocycles. The summed E-state index contributed by atoms with van der Waals surface area (Å²) in [4.78, 5) is 0. The molecule has 0 rings (SSSR count). The monoisotopic (exact) mass is 249 g/mol. The van der Waals surface area contributed by atoms with E-state index in [1.165, 1.54) is 0 Å². The minimum Gasteiger partial charge on any atom is -0.314 e. The summed E-state index contributed by atoms with van der Waals surface area (Å²) in [5.41, 5.74) is 0. The fourth-order valence-corrected chi connectivity index (χ4v) is 2.48. The first-order valence-corrected chi connectivity index (χ1v) is 8.04. The molecule has 98 valence electrons. The average molecular weight is 249 g/mol. The van der Waals surface area contributed by atoms with E-state index in [9.17, 15) is 8.42 Å². The lowest BCUT2D eigenvalue weighted by atomic mass is 9.93. The van der Waals surface area contributed by atoms with E-state index >= 15 is 0 Å². The van der Waals surface area contributed by atoms with Crippen molar-refractivity contribution in [3.05, 3.63) is 0 Å². The van der Waals surface area contributed by atoms with Crippen molar-refractivity contribution < 1.29 is 8.42 Å². The van der Waals surface area contributed by atoms with E-state index in [1.54, 1.807) is 6.92 Å². The smallest absolute Gasteiger partial charge is 0.150 e. The van der Waals surface area contributed by atoms with Crippen molar-refractivity contribution in [2.45, 2.75) is 47.1 Å². The van der Waals surface area contributed by atoms with E-state index in [0.717, 1.165) is 13.0 Å². The summed E-state index contributed by atoms with van der Waals surface area (Å²) in [6.45, 7) is 11.2. The molecule has 1 unspecified atom stereocenters. The minimum absolute atomic E-state index is 0.259. The van der Waals surface area contributed by atoms with Crippen LogP contribution >= 0.6 is 0 Å². The molecule has 4 heteroatoms. The molecule has 0 aliphatic carbocycles. The first-order valence-electron chi connectivity index (χ1n) is 6.22. The quantitative estimate of drug-likeness (QED) is 0.716. The molecular formula is C12H27NO2S. The summed E-state index contributed by atoms with van der Waals surface area (Å²) in [6, 6.07) is 0.462. The second-order valence-corrected chi connectivity index (χ2v) is 7.56. The van der Waals surface area contributed by atoms with Crippen molar-refractivity contribution >= 4 is 9.84 Å². The number of hydrogen-bond donors (Lipinski definition) is 1. The zero-order valence-corrected chi connectivity index (χ0v) is 12.1. The Morgan fingerprint density at radius 2 is 1.69 bits per heavy atom. The lowest BCUT2D eigenvalue weighted by Crippen LogP contribution is -2.32. The normalized spacial score (nSPS) is 14.7. The van der Waals surface area contributed by atoms with E-state index < -0.39 is 9.84 Å². The number of sulfone groups is 1. The van der Waals surface area contributed by atoms with Gasteiger partial charge >= 0.3 is 0 Å². The molecule has 16 heavy (non-hydrogen) atoms. The molecule has 0 spiro atoms. The fourth-order valence-electron chi connectivity index (χ4n) is 1.53. The Labute approximate surface area is 101 Å². The predicted octanol–water partition coefficient (Wildman–Crippen LogP) is 2.08. The van der Waals surface area contributed by atoms with Crippen molar-refractivity contribution in [3.8, 4) is 0 Å². The second-order valence-electron chi connectivity index (χ2n) is 5.09. The Morgan fingerprint density at radius 1 is 1.12 bits per heavy atom. The van der Waals surface area contributed by atoms with E-state index in [4.69, 9.17) is 0 Å². The van der Waals surface area contributed by atoms with Gasteiger partial charge in [-0.3, -0.25) is 0 Å². The van der Waals surface area contributed by atoms with Crippen LogP contribution in [0.5, 0.6) is 0 Å². The predicted molar refractivity (Wildman–Crippen MR) is 70.4 cm³/mol. The summed E-state index contributed by atoms with van der Waals surface area (Å²) in [5.74, 6) is 1.56. The summed E-state index contributed by atoms with van der Waals surface area (Å²) in [6.07, 6.45) is 0.771. The average Bonchev–Trinajstić information content (AvgIpc) is 2.16. The fraction of sp³-hybridized carbons (Fsp3) is 1.00. The first-order chi connectivity index (χ1) is 7.28.